The van der Waals surface area contributed by atoms with Crippen LogP contribution in [-0.4, -0.2) is 25.3 Å². The molecule has 1 atom stereocenters. The highest BCUT2D eigenvalue weighted by Crippen LogP contribution is 2.35. The van der Waals surface area contributed by atoms with Gasteiger partial charge in [0.25, 0.3) is 0 Å². The summed E-state index contributed by atoms with van der Waals surface area (Å²) in [6.45, 7) is 5.66. The van der Waals surface area contributed by atoms with Crippen molar-refractivity contribution in [2.45, 2.75) is 39.3 Å². The quantitative estimate of drug-likeness (QED) is 0.747. The molecule has 1 unspecified atom stereocenters. The van der Waals surface area contributed by atoms with Crippen LogP contribution >= 0.6 is 0 Å². The molecule has 1 aliphatic heterocycles. The predicted molar refractivity (Wildman–Crippen MR) is 76.8 cm³/mol. The van der Waals surface area contributed by atoms with Gasteiger partial charge in [-0.25, -0.2) is 0 Å². The van der Waals surface area contributed by atoms with E-state index in [1.165, 1.54) is 0 Å². The topological polar surface area (TPSA) is 59.6 Å². The number of nitrogens with one attached hydrogen (secondary N) is 2. The Labute approximate surface area is 119 Å². The Morgan fingerprint density at radius 2 is 2.25 bits per heavy atom. The number of carbonyl (C=O) groups is 1. The van der Waals surface area contributed by atoms with Crippen molar-refractivity contribution in [3.05, 3.63) is 23.8 Å². The van der Waals surface area contributed by atoms with Gasteiger partial charge in [0, 0.05) is 31.1 Å². The molecule has 5 heteroatoms. The first-order valence-corrected chi connectivity index (χ1v) is 7.08. The number of hydrogen-bond acceptors (Lipinski definition) is 4. The van der Waals surface area contributed by atoms with E-state index in [-0.39, 0.29) is 18.7 Å². The lowest BCUT2D eigenvalue weighted by atomic mass is 10.2. The number of hydrogen-bond donors (Lipinski definition) is 2. The molecule has 1 aliphatic rings. The van der Waals surface area contributed by atoms with Crippen LogP contribution in [0.1, 0.15) is 32.3 Å². The summed E-state index contributed by atoms with van der Waals surface area (Å²) in [5.41, 5.74) is 1.06. The minimum absolute atomic E-state index is 0.0877. The van der Waals surface area contributed by atoms with E-state index >= 15 is 0 Å². The fraction of sp³-hybridized carbons (Fsp3) is 0.533. The molecule has 0 radical (unpaired) electrons. The summed E-state index contributed by atoms with van der Waals surface area (Å²) in [5, 5.41) is 6.20. The molecule has 0 saturated carbocycles. The number of benzene rings is 1. The van der Waals surface area contributed by atoms with Crippen LogP contribution in [0.25, 0.3) is 0 Å². The van der Waals surface area contributed by atoms with Gasteiger partial charge >= 0.3 is 0 Å². The van der Waals surface area contributed by atoms with Crippen LogP contribution in [0.3, 0.4) is 0 Å². The van der Waals surface area contributed by atoms with Crippen molar-refractivity contribution in [1.82, 2.24) is 10.6 Å². The summed E-state index contributed by atoms with van der Waals surface area (Å²) in [7, 11) is 0. The Balaban J connectivity index is 1.72. The number of rotatable bonds is 7. The van der Waals surface area contributed by atoms with Gasteiger partial charge in [0.1, 0.15) is 0 Å². The molecule has 5 nitrogen and oxygen atoms in total. The molecule has 0 saturated heterocycles. The number of fused-ring (bicyclic) bond motifs is 1. The van der Waals surface area contributed by atoms with E-state index in [1.807, 2.05) is 25.1 Å². The number of ether oxygens (including phenoxy) is 2. The lowest BCUT2D eigenvalue weighted by Gasteiger charge is -2.12. The number of carbonyl (C=O) groups excluding carboxylic acids is 1. The first-order valence-electron chi connectivity index (χ1n) is 7.08. The monoisotopic (exact) mass is 278 g/mol. The number of para-hydroxylation sites is 1. The van der Waals surface area contributed by atoms with E-state index in [0.717, 1.165) is 23.5 Å². The molecule has 1 aromatic carbocycles. The van der Waals surface area contributed by atoms with Gasteiger partial charge < -0.3 is 20.1 Å². The van der Waals surface area contributed by atoms with Crippen LogP contribution in [0.5, 0.6) is 11.5 Å². The summed E-state index contributed by atoms with van der Waals surface area (Å²) in [5.74, 6) is 1.69. The van der Waals surface area contributed by atoms with E-state index < -0.39 is 0 Å². The lowest BCUT2D eigenvalue weighted by Crippen LogP contribution is -2.33. The van der Waals surface area contributed by atoms with Crippen LogP contribution in [0, 0.1) is 0 Å². The Bertz CT molecular complexity index is 462. The summed E-state index contributed by atoms with van der Waals surface area (Å²) in [4.78, 5) is 11.6. The van der Waals surface area contributed by atoms with Gasteiger partial charge in [-0.15, -0.1) is 0 Å². The maximum atomic E-state index is 11.6. The first kappa shape index (κ1) is 14.7. The standard InChI is InChI=1S/C15H22N2O3/c1-3-11(2)17-14(18)7-8-16-9-12-5-4-6-13-15(12)20-10-19-13/h4-6,11,16H,3,7-10H2,1-2H3,(H,17,18). The highest BCUT2D eigenvalue weighted by atomic mass is 16.7. The average Bonchev–Trinajstić information content (AvgIpc) is 2.92. The minimum atomic E-state index is 0.0877. The summed E-state index contributed by atoms with van der Waals surface area (Å²) >= 11 is 0. The van der Waals surface area contributed by atoms with Gasteiger partial charge in [-0.3, -0.25) is 4.79 Å². The molecule has 0 bridgehead atoms. The normalized spacial score (nSPS) is 14.1. The minimum Gasteiger partial charge on any atom is -0.454 e. The second-order valence-corrected chi connectivity index (χ2v) is 4.95. The molecule has 0 aliphatic carbocycles. The molecule has 20 heavy (non-hydrogen) atoms. The third-order valence-electron chi connectivity index (χ3n) is 3.34. The maximum absolute atomic E-state index is 11.6. The summed E-state index contributed by atoms with van der Waals surface area (Å²) in [6.07, 6.45) is 1.43. The van der Waals surface area contributed by atoms with Gasteiger partial charge in [0.05, 0.1) is 0 Å². The van der Waals surface area contributed by atoms with Crippen molar-refractivity contribution >= 4 is 5.91 Å². The molecular weight excluding hydrogens is 256 g/mol. The van der Waals surface area contributed by atoms with E-state index in [2.05, 4.69) is 17.6 Å². The molecular formula is C15H22N2O3. The van der Waals surface area contributed by atoms with Gasteiger partial charge in [0.2, 0.25) is 12.7 Å². The zero-order valence-corrected chi connectivity index (χ0v) is 12.1. The maximum Gasteiger partial charge on any atom is 0.231 e. The van der Waals surface area contributed by atoms with E-state index in [1.54, 1.807) is 0 Å². The Morgan fingerprint density at radius 3 is 3.05 bits per heavy atom. The molecule has 0 aromatic heterocycles. The molecule has 1 aromatic rings. The molecule has 1 heterocycles. The highest BCUT2D eigenvalue weighted by Gasteiger charge is 2.16. The zero-order chi connectivity index (χ0) is 14.4. The summed E-state index contributed by atoms with van der Waals surface area (Å²) in [6, 6.07) is 6.08. The Hall–Kier alpha value is -1.75. The molecule has 110 valence electrons. The van der Waals surface area contributed by atoms with Crippen LogP contribution in [0.2, 0.25) is 0 Å². The van der Waals surface area contributed by atoms with Crippen LogP contribution in [-0.2, 0) is 11.3 Å². The smallest absolute Gasteiger partial charge is 0.231 e. The van der Waals surface area contributed by atoms with Crippen molar-refractivity contribution < 1.29 is 14.3 Å². The molecule has 2 rings (SSSR count). The van der Waals surface area contributed by atoms with E-state index in [4.69, 9.17) is 9.47 Å². The van der Waals surface area contributed by atoms with E-state index in [0.29, 0.717) is 19.5 Å². The number of amides is 1. The largest absolute Gasteiger partial charge is 0.454 e. The Morgan fingerprint density at radius 1 is 1.40 bits per heavy atom. The van der Waals surface area contributed by atoms with Crippen molar-refractivity contribution in [3.8, 4) is 11.5 Å². The van der Waals surface area contributed by atoms with Gasteiger partial charge in [-0.2, -0.15) is 0 Å². The molecule has 0 spiro atoms. The van der Waals surface area contributed by atoms with Gasteiger partial charge in [0.15, 0.2) is 11.5 Å². The highest BCUT2D eigenvalue weighted by molar-refractivity contribution is 5.76. The fourth-order valence-corrected chi connectivity index (χ4v) is 2.00. The van der Waals surface area contributed by atoms with Crippen LogP contribution in [0.15, 0.2) is 18.2 Å². The van der Waals surface area contributed by atoms with Gasteiger partial charge in [-0.1, -0.05) is 19.1 Å². The van der Waals surface area contributed by atoms with Crippen molar-refractivity contribution in [3.63, 3.8) is 0 Å². The first-order chi connectivity index (χ1) is 9.70. The fourth-order valence-electron chi connectivity index (χ4n) is 2.00. The van der Waals surface area contributed by atoms with Gasteiger partial charge in [-0.05, 0) is 19.4 Å². The molecule has 2 N–H and O–H groups in total. The van der Waals surface area contributed by atoms with E-state index in [9.17, 15) is 4.79 Å². The zero-order valence-electron chi connectivity index (χ0n) is 12.1. The van der Waals surface area contributed by atoms with Crippen molar-refractivity contribution in [1.29, 1.82) is 0 Å². The van der Waals surface area contributed by atoms with Crippen LogP contribution < -0.4 is 20.1 Å². The second kappa shape index (κ2) is 7.14. The second-order valence-electron chi connectivity index (χ2n) is 4.95. The predicted octanol–water partition coefficient (Wildman–Crippen LogP) is 1.81. The molecule has 1 amide bonds. The Kier molecular flexibility index (Phi) is 5.24. The summed E-state index contributed by atoms with van der Waals surface area (Å²) < 4.78 is 10.8. The lowest BCUT2D eigenvalue weighted by molar-refractivity contribution is -0.121. The van der Waals surface area contributed by atoms with Crippen molar-refractivity contribution in [2.75, 3.05) is 13.3 Å². The third kappa shape index (κ3) is 3.87. The molecule has 0 fully saturated rings. The third-order valence-corrected chi connectivity index (χ3v) is 3.34. The van der Waals surface area contributed by atoms with Crippen LogP contribution in [0.4, 0.5) is 0 Å². The SMILES string of the molecule is CCC(C)NC(=O)CCNCc1cccc2c1OCO2. The van der Waals surface area contributed by atoms with Crippen molar-refractivity contribution in [2.24, 2.45) is 0 Å². The average molecular weight is 278 g/mol.